The number of hydrogen-bond donors (Lipinski definition) is 1. The van der Waals surface area contributed by atoms with Gasteiger partial charge in [-0.3, -0.25) is 4.90 Å². The van der Waals surface area contributed by atoms with Gasteiger partial charge >= 0.3 is 0 Å². The first kappa shape index (κ1) is 13.8. The van der Waals surface area contributed by atoms with Gasteiger partial charge in [-0.1, -0.05) is 17.3 Å². The van der Waals surface area contributed by atoms with E-state index in [4.69, 9.17) is 15.2 Å². The summed E-state index contributed by atoms with van der Waals surface area (Å²) in [6.07, 6.45) is 2.30. The highest BCUT2D eigenvalue weighted by atomic mass is 32.1. The van der Waals surface area contributed by atoms with E-state index in [-0.39, 0.29) is 6.54 Å². The molecular weight excluding hydrogens is 298 g/mol. The molecule has 1 aliphatic heterocycles. The molecule has 0 bridgehead atoms. The lowest BCUT2D eigenvalue weighted by atomic mass is 10.2. The summed E-state index contributed by atoms with van der Waals surface area (Å²) >= 11 is 1.78. The van der Waals surface area contributed by atoms with E-state index in [1.54, 1.807) is 11.3 Å². The molecule has 1 unspecified atom stereocenters. The van der Waals surface area contributed by atoms with E-state index < -0.39 is 0 Å². The van der Waals surface area contributed by atoms with Crippen LogP contribution in [0.1, 0.15) is 35.6 Å². The summed E-state index contributed by atoms with van der Waals surface area (Å²) in [7, 11) is 0. The minimum absolute atomic E-state index is 0.286. The van der Waals surface area contributed by atoms with E-state index in [1.165, 1.54) is 16.1 Å². The molecule has 1 saturated heterocycles. The SMILES string of the molecule is NCc1nc(CN2CCCC2c2nc3ccccc3s2)no1. The Balaban J connectivity index is 1.57. The van der Waals surface area contributed by atoms with Crippen molar-refractivity contribution in [2.24, 2.45) is 5.73 Å². The van der Waals surface area contributed by atoms with Gasteiger partial charge in [0.15, 0.2) is 5.82 Å². The summed E-state index contributed by atoms with van der Waals surface area (Å²) in [5.41, 5.74) is 6.60. The Bertz CT molecular complexity index is 750. The van der Waals surface area contributed by atoms with Crippen LogP contribution in [0.25, 0.3) is 10.2 Å². The largest absolute Gasteiger partial charge is 0.338 e. The van der Waals surface area contributed by atoms with Gasteiger partial charge in [0, 0.05) is 0 Å². The van der Waals surface area contributed by atoms with Gasteiger partial charge < -0.3 is 10.3 Å². The van der Waals surface area contributed by atoms with Gasteiger partial charge in [0.05, 0.1) is 29.3 Å². The van der Waals surface area contributed by atoms with Crippen molar-refractivity contribution < 1.29 is 4.52 Å². The number of rotatable bonds is 4. The third-order valence-electron chi connectivity index (χ3n) is 3.99. The van der Waals surface area contributed by atoms with Crippen LogP contribution in [0.15, 0.2) is 28.8 Å². The Morgan fingerprint density at radius 2 is 2.23 bits per heavy atom. The number of hydrogen-bond acceptors (Lipinski definition) is 7. The fraction of sp³-hybridized carbons (Fsp3) is 0.400. The number of thiazole rings is 1. The van der Waals surface area contributed by atoms with E-state index in [0.29, 0.717) is 24.3 Å². The molecule has 0 radical (unpaired) electrons. The predicted molar refractivity (Wildman–Crippen MR) is 84.2 cm³/mol. The first-order chi connectivity index (χ1) is 10.8. The number of nitrogens with zero attached hydrogens (tertiary/aromatic N) is 4. The molecule has 114 valence electrons. The molecule has 1 fully saturated rings. The molecule has 2 aromatic heterocycles. The number of nitrogens with two attached hydrogens (primary N) is 1. The van der Waals surface area contributed by atoms with Crippen LogP contribution in [-0.2, 0) is 13.1 Å². The highest BCUT2D eigenvalue weighted by molar-refractivity contribution is 7.18. The number of benzene rings is 1. The second kappa shape index (κ2) is 5.75. The fourth-order valence-corrected chi connectivity index (χ4v) is 4.08. The smallest absolute Gasteiger partial charge is 0.240 e. The predicted octanol–water partition coefficient (Wildman–Crippen LogP) is 2.48. The fourth-order valence-electron chi connectivity index (χ4n) is 2.95. The zero-order valence-electron chi connectivity index (χ0n) is 12.1. The van der Waals surface area contributed by atoms with Crippen LogP contribution in [0.3, 0.4) is 0 Å². The van der Waals surface area contributed by atoms with Gasteiger partial charge in [0.1, 0.15) is 5.01 Å². The highest BCUT2D eigenvalue weighted by Crippen LogP contribution is 2.36. The molecule has 4 rings (SSSR count). The molecule has 22 heavy (non-hydrogen) atoms. The molecule has 7 heteroatoms. The summed E-state index contributed by atoms with van der Waals surface area (Å²) in [6, 6.07) is 8.64. The van der Waals surface area contributed by atoms with E-state index in [0.717, 1.165) is 18.5 Å². The molecule has 3 heterocycles. The lowest BCUT2D eigenvalue weighted by Gasteiger charge is -2.20. The third kappa shape index (κ3) is 2.51. The van der Waals surface area contributed by atoms with Crippen molar-refractivity contribution in [2.45, 2.75) is 32.0 Å². The number of para-hydroxylation sites is 1. The third-order valence-corrected chi connectivity index (χ3v) is 5.13. The van der Waals surface area contributed by atoms with Gasteiger partial charge in [-0.25, -0.2) is 4.98 Å². The van der Waals surface area contributed by atoms with Gasteiger partial charge in [-0.2, -0.15) is 4.98 Å². The number of fused-ring (bicyclic) bond motifs is 1. The molecule has 0 saturated carbocycles. The van der Waals surface area contributed by atoms with Gasteiger partial charge in [-0.05, 0) is 31.5 Å². The summed E-state index contributed by atoms with van der Waals surface area (Å²) in [6.45, 7) is 2.01. The van der Waals surface area contributed by atoms with E-state index in [9.17, 15) is 0 Å². The molecular formula is C15H17N5OS. The molecule has 0 aliphatic carbocycles. The summed E-state index contributed by atoms with van der Waals surface area (Å²) < 4.78 is 6.33. The zero-order chi connectivity index (χ0) is 14.9. The Morgan fingerprint density at radius 3 is 3.05 bits per heavy atom. The summed E-state index contributed by atoms with van der Waals surface area (Å²) in [5.74, 6) is 1.19. The lowest BCUT2D eigenvalue weighted by molar-refractivity contribution is 0.237. The molecule has 3 aromatic rings. The van der Waals surface area contributed by atoms with Crippen LogP contribution in [-0.4, -0.2) is 26.6 Å². The second-order valence-corrected chi connectivity index (χ2v) is 6.52. The van der Waals surface area contributed by atoms with Crippen LogP contribution in [0.5, 0.6) is 0 Å². The minimum atomic E-state index is 0.286. The van der Waals surface area contributed by atoms with E-state index in [1.807, 2.05) is 6.07 Å². The number of aromatic nitrogens is 3. The Kier molecular flexibility index (Phi) is 3.61. The maximum absolute atomic E-state index is 5.51. The Morgan fingerprint density at radius 1 is 1.32 bits per heavy atom. The molecule has 1 atom stereocenters. The van der Waals surface area contributed by atoms with Crippen molar-refractivity contribution >= 4 is 21.6 Å². The maximum Gasteiger partial charge on any atom is 0.240 e. The van der Waals surface area contributed by atoms with E-state index in [2.05, 4.69) is 33.2 Å². The van der Waals surface area contributed by atoms with Gasteiger partial charge in [0.25, 0.3) is 0 Å². The van der Waals surface area contributed by atoms with Crippen LogP contribution in [0.4, 0.5) is 0 Å². The van der Waals surface area contributed by atoms with Crippen LogP contribution in [0, 0.1) is 0 Å². The van der Waals surface area contributed by atoms with Crippen molar-refractivity contribution in [3.8, 4) is 0 Å². The molecule has 0 spiro atoms. The molecule has 1 aliphatic rings. The Hall–Kier alpha value is -1.83. The highest BCUT2D eigenvalue weighted by Gasteiger charge is 2.29. The zero-order valence-corrected chi connectivity index (χ0v) is 12.9. The first-order valence-electron chi connectivity index (χ1n) is 7.44. The van der Waals surface area contributed by atoms with Gasteiger partial charge in [0.2, 0.25) is 5.89 Å². The van der Waals surface area contributed by atoms with Crippen molar-refractivity contribution in [3.63, 3.8) is 0 Å². The quantitative estimate of drug-likeness (QED) is 0.796. The number of likely N-dealkylation sites (tertiary alicyclic amines) is 1. The normalized spacial score (nSPS) is 19.2. The molecule has 6 nitrogen and oxygen atoms in total. The van der Waals surface area contributed by atoms with Gasteiger partial charge in [-0.15, -0.1) is 11.3 Å². The average Bonchev–Trinajstić information content (AvgIpc) is 3.25. The standard InChI is InChI=1S/C15H17N5OS/c16-8-14-18-13(19-21-14)9-20-7-3-5-11(20)15-17-10-4-1-2-6-12(10)22-15/h1-2,4,6,11H,3,5,7-9,16H2. The van der Waals surface area contributed by atoms with Crippen LogP contribution in [0.2, 0.25) is 0 Å². The Labute approximate surface area is 131 Å². The van der Waals surface area contributed by atoms with Crippen molar-refractivity contribution in [1.29, 1.82) is 0 Å². The lowest BCUT2D eigenvalue weighted by Crippen LogP contribution is -2.23. The van der Waals surface area contributed by atoms with Crippen molar-refractivity contribution in [2.75, 3.05) is 6.54 Å². The topological polar surface area (TPSA) is 81.1 Å². The summed E-state index contributed by atoms with van der Waals surface area (Å²) in [4.78, 5) is 11.5. The van der Waals surface area contributed by atoms with Crippen molar-refractivity contribution in [3.05, 3.63) is 41.0 Å². The minimum Gasteiger partial charge on any atom is -0.338 e. The second-order valence-electron chi connectivity index (χ2n) is 5.46. The van der Waals surface area contributed by atoms with E-state index >= 15 is 0 Å². The monoisotopic (exact) mass is 315 g/mol. The summed E-state index contributed by atoms with van der Waals surface area (Å²) in [5, 5.41) is 5.18. The van der Waals surface area contributed by atoms with Crippen LogP contribution >= 0.6 is 11.3 Å². The molecule has 0 amide bonds. The first-order valence-corrected chi connectivity index (χ1v) is 8.26. The maximum atomic E-state index is 5.51. The average molecular weight is 315 g/mol. The van der Waals surface area contributed by atoms with Crippen LogP contribution < -0.4 is 5.73 Å². The van der Waals surface area contributed by atoms with Crippen molar-refractivity contribution in [1.82, 2.24) is 20.0 Å². The molecule has 1 aromatic carbocycles. The molecule has 2 N–H and O–H groups in total.